The summed E-state index contributed by atoms with van der Waals surface area (Å²) in [6.07, 6.45) is 3.13. The highest BCUT2D eigenvalue weighted by atomic mass is 32.2. The minimum atomic E-state index is -3.10. The number of hydrogen-bond donors (Lipinski definition) is 2. The van der Waals surface area contributed by atoms with Gasteiger partial charge < -0.3 is 5.32 Å². The van der Waals surface area contributed by atoms with Crippen LogP contribution >= 0.6 is 0 Å². The molecule has 2 fully saturated rings. The van der Waals surface area contributed by atoms with E-state index < -0.39 is 10.0 Å². The minimum Gasteiger partial charge on any atom is -0.314 e. The molecule has 0 aromatic carbocycles. The summed E-state index contributed by atoms with van der Waals surface area (Å²) in [4.78, 5) is 2.22. The molecule has 0 bridgehead atoms. The second-order valence-electron chi connectivity index (χ2n) is 5.64. The van der Waals surface area contributed by atoms with E-state index in [0.717, 1.165) is 45.4 Å². The van der Waals surface area contributed by atoms with Gasteiger partial charge in [0.2, 0.25) is 10.0 Å². The minimum absolute atomic E-state index is 0.174. The van der Waals surface area contributed by atoms with Crippen LogP contribution in [-0.4, -0.2) is 57.8 Å². The molecule has 1 saturated carbocycles. The molecule has 1 heterocycles. The third kappa shape index (κ3) is 4.50. The number of nitrogens with one attached hydrogen (secondary N) is 2. The van der Waals surface area contributed by atoms with E-state index in [1.807, 2.05) is 0 Å². The van der Waals surface area contributed by atoms with E-state index in [1.54, 1.807) is 0 Å². The Labute approximate surface area is 110 Å². The molecule has 2 aliphatic rings. The molecule has 0 radical (unpaired) electrons. The molecule has 6 heteroatoms. The number of sulfonamides is 1. The fourth-order valence-electron chi connectivity index (χ4n) is 2.81. The second kappa shape index (κ2) is 6.32. The van der Waals surface area contributed by atoms with Crippen molar-refractivity contribution in [3.63, 3.8) is 0 Å². The smallest absolute Gasteiger partial charge is 0.213 e. The van der Waals surface area contributed by atoms with E-state index in [9.17, 15) is 8.42 Å². The third-order valence-electron chi connectivity index (χ3n) is 3.93. The molecule has 18 heavy (non-hydrogen) atoms. The molecule has 5 nitrogen and oxygen atoms in total. The molecule has 0 aromatic rings. The van der Waals surface area contributed by atoms with Gasteiger partial charge >= 0.3 is 0 Å². The normalized spacial score (nSPS) is 30.7. The van der Waals surface area contributed by atoms with Crippen LogP contribution < -0.4 is 10.0 Å². The van der Waals surface area contributed by atoms with Gasteiger partial charge in [-0.3, -0.25) is 4.90 Å². The lowest BCUT2D eigenvalue weighted by atomic mass is 10.1. The highest BCUT2D eigenvalue weighted by molar-refractivity contribution is 7.89. The third-order valence-corrected chi connectivity index (χ3v) is 5.34. The van der Waals surface area contributed by atoms with Crippen molar-refractivity contribution in [1.29, 1.82) is 0 Å². The van der Waals surface area contributed by atoms with E-state index in [2.05, 4.69) is 21.9 Å². The molecule has 1 aliphatic heterocycles. The van der Waals surface area contributed by atoms with Gasteiger partial charge in [0, 0.05) is 38.8 Å². The fourth-order valence-corrected chi connectivity index (χ4v) is 4.15. The Hall–Kier alpha value is -0.170. The fraction of sp³-hybridized carbons (Fsp3) is 1.00. The van der Waals surface area contributed by atoms with Crippen LogP contribution in [-0.2, 0) is 10.0 Å². The molecule has 1 saturated heterocycles. The van der Waals surface area contributed by atoms with Crippen LogP contribution in [0.15, 0.2) is 0 Å². The van der Waals surface area contributed by atoms with Gasteiger partial charge in [-0.15, -0.1) is 0 Å². The van der Waals surface area contributed by atoms with E-state index in [0.29, 0.717) is 12.5 Å². The average molecular weight is 275 g/mol. The lowest BCUT2D eigenvalue weighted by molar-refractivity contribution is 0.253. The molecule has 0 amide bonds. The Bertz CT molecular complexity index is 352. The lowest BCUT2D eigenvalue weighted by Crippen LogP contribution is -2.46. The summed E-state index contributed by atoms with van der Waals surface area (Å²) in [6.45, 7) is 6.68. The number of rotatable bonds is 5. The molecule has 0 aromatic heterocycles. The zero-order chi connectivity index (χ0) is 13.0. The van der Waals surface area contributed by atoms with Crippen LogP contribution in [0.4, 0.5) is 0 Å². The standard InChI is InChI=1S/C12H25N3O2S/c1-11-2-3-12(10-11)14-18(16,17)9-8-15-6-4-13-5-7-15/h11-14H,2-10H2,1H3. The zero-order valence-corrected chi connectivity index (χ0v) is 12.0. The van der Waals surface area contributed by atoms with Crippen molar-refractivity contribution in [2.45, 2.75) is 32.2 Å². The summed E-state index contributed by atoms with van der Waals surface area (Å²) in [5.41, 5.74) is 0. The van der Waals surface area contributed by atoms with Crippen molar-refractivity contribution < 1.29 is 8.42 Å². The van der Waals surface area contributed by atoms with Crippen LogP contribution in [0.1, 0.15) is 26.2 Å². The zero-order valence-electron chi connectivity index (χ0n) is 11.2. The van der Waals surface area contributed by atoms with Crippen molar-refractivity contribution in [2.24, 2.45) is 5.92 Å². The summed E-state index contributed by atoms with van der Waals surface area (Å²) in [5, 5.41) is 3.27. The summed E-state index contributed by atoms with van der Waals surface area (Å²) >= 11 is 0. The van der Waals surface area contributed by atoms with Gasteiger partial charge in [-0.1, -0.05) is 6.92 Å². The van der Waals surface area contributed by atoms with Crippen molar-refractivity contribution >= 4 is 10.0 Å². The van der Waals surface area contributed by atoms with E-state index >= 15 is 0 Å². The van der Waals surface area contributed by atoms with Gasteiger partial charge in [0.15, 0.2) is 0 Å². The maximum Gasteiger partial charge on any atom is 0.213 e. The van der Waals surface area contributed by atoms with Crippen LogP contribution in [0.25, 0.3) is 0 Å². The van der Waals surface area contributed by atoms with Gasteiger partial charge in [-0.2, -0.15) is 0 Å². The van der Waals surface area contributed by atoms with Crippen molar-refractivity contribution in [1.82, 2.24) is 14.9 Å². The molecular weight excluding hydrogens is 250 g/mol. The molecule has 0 spiro atoms. The largest absolute Gasteiger partial charge is 0.314 e. The topological polar surface area (TPSA) is 61.4 Å². The predicted octanol–water partition coefficient (Wildman–Crippen LogP) is -0.000400. The van der Waals surface area contributed by atoms with Gasteiger partial charge in [-0.05, 0) is 25.2 Å². The number of piperazine rings is 1. The summed E-state index contributed by atoms with van der Waals surface area (Å²) in [7, 11) is -3.10. The molecule has 2 rings (SSSR count). The maximum absolute atomic E-state index is 12.0. The Kier molecular flexibility index (Phi) is 5.00. The number of nitrogens with zero attached hydrogens (tertiary/aromatic N) is 1. The van der Waals surface area contributed by atoms with Crippen LogP contribution in [0, 0.1) is 5.92 Å². The molecule has 2 atom stereocenters. The Balaban J connectivity index is 1.73. The molecule has 2 unspecified atom stereocenters. The average Bonchev–Trinajstić information content (AvgIpc) is 2.73. The molecule has 2 N–H and O–H groups in total. The van der Waals surface area contributed by atoms with Gasteiger partial charge in [0.05, 0.1) is 5.75 Å². The van der Waals surface area contributed by atoms with Gasteiger partial charge in [-0.25, -0.2) is 13.1 Å². The first kappa shape index (κ1) is 14.2. The predicted molar refractivity (Wildman–Crippen MR) is 73.0 cm³/mol. The quantitative estimate of drug-likeness (QED) is 0.741. The van der Waals surface area contributed by atoms with E-state index in [4.69, 9.17) is 0 Å². The van der Waals surface area contributed by atoms with Gasteiger partial charge in [0.1, 0.15) is 0 Å². The summed E-state index contributed by atoms with van der Waals surface area (Å²) in [6, 6.07) is 0.174. The molecule has 106 valence electrons. The first-order chi connectivity index (χ1) is 8.55. The monoisotopic (exact) mass is 275 g/mol. The van der Waals surface area contributed by atoms with Gasteiger partial charge in [0.25, 0.3) is 0 Å². The Morgan fingerprint density at radius 3 is 2.61 bits per heavy atom. The first-order valence-electron chi connectivity index (χ1n) is 6.98. The lowest BCUT2D eigenvalue weighted by Gasteiger charge is -2.27. The van der Waals surface area contributed by atoms with E-state index in [1.165, 1.54) is 0 Å². The van der Waals surface area contributed by atoms with Crippen LogP contribution in [0.2, 0.25) is 0 Å². The van der Waals surface area contributed by atoms with E-state index in [-0.39, 0.29) is 11.8 Å². The van der Waals surface area contributed by atoms with Crippen LogP contribution in [0.5, 0.6) is 0 Å². The number of hydrogen-bond acceptors (Lipinski definition) is 4. The highest BCUT2D eigenvalue weighted by Gasteiger charge is 2.25. The molecule has 1 aliphatic carbocycles. The van der Waals surface area contributed by atoms with Crippen LogP contribution in [0.3, 0.4) is 0 Å². The maximum atomic E-state index is 12.0. The summed E-state index contributed by atoms with van der Waals surface area (Å²) in [5.74, 6) is 0.892. The van der Waals surface area contributed by atoms with Crippen molar-refractivity contribution in [3.05, 3.63) is 0 Å². The Morgan fingerprint density at radius 2 is 2.00 bits per heavy atom. The van der Waals surface area contributed by atoms with Crippen molar-refractivity contribution in [2.75, 3.05) is 38.5 Å². The Morgan fingerprint density at radius 1 is 1.28 bits per heavy atom. The molecular formula is C12H25N3O2S. The SMILES string of the molecule is CC1CCC(NS(=O)(=O)CCN2CCNCC2)C1. The van der Waals surface area contributed by atoms with Crippen molar-refractivity contribution in [3.8, 4) is 0 Å². The highest BCUT2D eigenvalue weighted by Crippen LogP contribution is 2.25. The second-order valence-corrected chi connectivity index (χ2v) is 7.52. The summed E-state index contributed by atoms with van der Waals surface area (Å²) < 4.78 is 26.8. The first-order valence-corrected chi connectivity index (χ1v) is 8.63.